The summed E-state index contributed by atoms with van der Waals surface area (Å²) in [4.78, 5) is 13.9. The van der Waals surface area contributed by atoms with Crippen LogP contribution in [0, 0.1) is 5.92 Å². The minimum Gasteiger partial charge on any atom is -0.341 e. The van der Waals surface area contributed by atoms with E-state index in [1.165, 1.54) is 12.0 Å². The summed E-state index contributed by atoms with van der Waals surface area (Å²) in [5.74, 6) is 0.930. The normalized spacial score (nSPS) is 17.6. The summed E-state index contributed by atoms with van der Waals surface area (Å²) in [5, 5.41) is 3.34. The van der Waals surface area contributed by atoms with Crippen molar-refractivity contribution >= 4 is 34.2 Å². The first-order valence-electron chi connectivity index (χ1n) is 6.84. The smallest absolute Gasteiger partial charge is 0.222 e. The molecule has 0 spiro atoms. The molecule has 1 fully saturated rings. The average molecular weight is 362 g/mol. The fourth-order valence-electron chi connectivity index (χ4n) is 2.43. The Balaban J connectivity index is 0.00000200. The molecule has 2 rings (SSSR count). The minimum absolute atomic E-state index is 0. The summed E-state index contributed by atoms with van der Waals surface area (Å²) in [6.45, 7) is 2.87. The van der Waals surface area contributed by atoms with Gasteiger partial charge in [-0.2, -0.15) is 0 Å². The minimum atomic E-state index is 0. The molecule has 112 valence electrons. The van der Waals surface area contributed by atoms with Crippen LogP contribution in [0.2, 0.25) is 0 Å². The lowest BCUT2D eigenvalue weighted by atomic mass is 10.0. The maximum absolute atomic E-state index is 12.1. The number of halogens is 2. The third-order valence-electron chi connectivity index (χ3n) is 3.69. The van der Waals surface area contributed by atoms with Crippen LogP contribution in [-0.2, 0) is 11.3 Å². The lowest BCUT2D eigenvalue weighted by Crippen LogP contribution is -2.26. The van der Waals surface area contributed by atoms with Gasteiger partial charge < -0.3 is 10.2 Å². The quantitative estimate of drug-likeness (QED) is 0.873. The van der Waals surface area contributed by atoms with Gasteiger partial charge in [0.25, 0.3) is 0 Å². The highest BCUT2D eigenvalue weighted by Crippen LogP contribution is 2.16. The molecule has 0 bridgehead atoms. The number of carbonyl (C=O) groups excluding carboxylic acids is 1. The van der Waals surface area contributed by atoms with Crippen molar-refractivity contribution in [3.05, 3.63) is 34.3 Å². The van der Waals surface area contributed by atoms with Crippen LogP contribution in [-0.4, -0.2) is 30.9 Å². The van der Waals surface area contributed by atoms with Gasteiger partial charge in [0.2, 0.25) is 5.91 Å². The molecule has 20 heavy (non-hydrogen) atoms. The van der Waals surface area contributed by atoms with Crippen LogP contribution < -0.4 is 5.32 Å². The molecule has 1 saturated heterocycles. The second kappa shape index (κ2) is 8.65. The molecular weight excluding hydrogens is 340 g/mol. The Morgan fingerprint density at radius 3 is 2.70 bits per heavy atom. The molecule has 0 aromatic heterocycles. The Morgan fingerprint density at radius 2 is 2.10 bits per heavy atom. The van der Waals surface area contributed by atoms with Gasteiger partial charge in [0, 0.05) is 24.5 Å². The summed E-state index contributed by atoms with van der Waals surface area (Å²) in [5.41, 5.74) is 1.17. The number of nitrogens with zero attached hydrogens (tertiary/aromatic N) is 1. The van der Waals surface area contributed by atoms with Crippen molar-refractivity contribution < 1.29 is 4.79 Å². The molecule has 3 nitrogen and oxygen atoms in total. The number of carbonyl (C=O) groups is 1. The number of nitrogens with one attached hydrogen (secondary N) is 1. The monoisotopic (exact) mass is 360 g/mol. The van der Waals surface area contributed by atoms with Crippen molar-refractivity contribution in [2.45, 2.75) is 25.8 Å². The summed E-state index contributed by atoms with van der Waals surface area (Å²) >= 11 is 3.42. The Bertz CT molecular complexity index is 418. The van der Waals surface area contributed by atoms with Crippen molar-refractivity contribution in [1.29, 1.82) is 0 Å². The van der Waals surface area contributed by atoms with E-state index in [1.807, 2.05) is 24.1 Å². The Kier molecular flexibility index (Phi) is 7.56. The van der Waals surface area contributed by atoms with Crippen molar-refractivity contribution in [3.63, 3.8) is 0 Å². The van der Waals surface area contributed by atoms with Gasteiger partial charge in [-0.1, -0.05) is 28.1 Å². The van der Waals surface area contributed by atoms with E-state index in [-0.39, 0.29) is 18.3 Å². The lowest BCUT2D eigenvalue weighted by molar-refractivity contribution is -0.130. The number of amides is 1. The maximum Gasteiger partial charge on any atom is 0.222 e. The van der Waals surface area contributed by atoms with Gasteiger partial charge in [0.1, 0.15) is 0 Å². The zero-order valence-electron chi connectivity index (χ0n) is 11.8. The first-order chi connectivity index (χ1) is 9.15. The van der Waals surface area contributed by atoms with Crippen LogP contribution in [0.4, 0.5) is 0 Å². The summed E-state index contributed by atoms with van der Waals surface area (Å²) in [6, 6.07) is 8.12. The van der Waals surface area contributed by atoms with Gasteiger partial charge in [0.15, 0.2) is 0 Å². The largest absolute Gasteiger partial charge is 0.341 e. The molecule has 1 amide bonds. The molecular formula is C15H22BrClN2O. The van der Waals surface area contributed by atoms with Gasteiger partial charge >= 0.3 is 0 Å². The standard InChI is InChI=1S/C15H21BrN2O.ClH/c1-18(11-13-2-5-14(16)6-3-13)15(19)7-4-12-8-9-17-10-12;/h2-3,5-6,12,17H,4,7-11H2,1H3;1H. The van der Waals surface area contributed by atoms with E-state index in [4.69, 9.17) is 0 Å². The summed E-state index contributed by atoms with van der Waals surface area (Å²) < 4.78 is 1.07. The van der Waals surface area contributed by atoms with E-state index in [0.717, 1.165) is 24.0 Å². The number of hydrogen-bond acceptors (Lipinski definition) is 2. The molecule has 1 aromatic rings. The Labute approximate surface area is 135 Å². The predicted molar refractivity (Wildman–Crippen MR) is 88.1 cm³/mol. The molecule has 1 aliphatic heterocycles. The molecule has 1 N–H and O–H groups in total. The topological polar surface area (TPSA) is 32.3 Å². The molecule has 0 aliphatic carbocycles. The second-order valence-corrected chi connectivity index (χ2v) is 6.19. The first kappa shape index (κ1) is 17.5. The zero-order valence-corrected chi connectivity index (χ0v) is 14.2. The van der Waals surface area contributed by atoms with Crippen molar-refractivity contribution in [2.75, 3.05) is 20.1 Å². The SMILES string of the molecule is CN(Cc1ccc(Br)cc1)C(=O)CCC1CCNC1.Cl. The van der Waals surface area contributed by atoms with E-state index in [1.54, 1.807) is 0 Å². The number of rotatable bonds is 5. The summed E-state index contributed by atoms with van der Waals surface area (Å²) in [6.07, 6.45) is 2.89. The lowest BCUT2D eigenvalue weighted by Gasteiger charge is -2.18. The molecule has 1 unspecified atom stereocenters. The molecule has 1 heterocycles. The molecule has 1 aromatic carbocycles. The highest BCUT2D eigenvalue weighted by atomic mass is 79.9. The van der Waals surface area contributed by atoms with Crippen molar-refractivity contribution in [2.24, 2.45) is 5.92 Å². The third-order valence-corrected chi connectivity index (χ3v) is 4.22. The van der Waals surface area contributed by atoms with Gasteiger partial charge in [-0.3, -0.25) is 4.79 Å². The predicted octanol–water partition coefficient (Wildman–Crippen LogP) is 3.22. The molecule has 1 atom stereocenters. The van der Waals surface area contributed by atoms with Gasteiger partial charge in [-0.05, 0) is 49.5 Å². The van der Waals surface area contributed by atoms with Gasteiger partial charge in [-0.15, -0.1) is 12.4 Å². The van der Waals surface area contributed by atoms with Crippen LogP contribution in [0.15, 0.2) is 28.7 Å². The maximum atomic E-state index is 12.1. The van der Waals surface area contributed by atoms with Gasteiger partial charge in [0.05, 0.1) is 0 Å². The molecule has 0 radical (unpaired) electrons. The number of benzene rings is 1. The van der Waals surface area contributed by atoms with Gasteiger partial charge in [-0.25, -0.2) is 0 Å². The second-order valence-electron chi connectivity index (χ2n) is 5.27. The van der Waals surface area contributed by atoms with Crippen molar-refractivity contribution in [3.8, 4) is 0 Å². The van der Waals surface area contributed by atoms with Crippen molar-refractivity contribution in [1.82, 2.24) is 10.2 Å². The third kappa shape index (κ3) is 5.43. The molecule has 5 heteroatoms. The van der Waals surface area contributed by atoms with Crippen LogP contribution in [0.25, 0.3) is 0 Å². The molecule has 1 aliphatic rings. The first-order valence-corrected chi connectivity index (χ1v) is 7.63. The fraction of sp³-hybridized carbons (Fsp3) is 0.533. The zero-order chi connectivity index (χ0) is 13.7. The average Bonchev–Trinajstić information content (AvgIpc) is 2.91. The van der Waals surface area contributed by atoms with E-state index in [9.17, 15) is 4.79 Å². The van der Waals surface area contributed by atoms with Crippen LogP contribution in [0.1, 0.15) is 24.8 Å². The van der Waals surface area contributed by atoms with E-state index in [2.05, 4.69) is 33.4 Å². The number of hydrogen-bond donors (Lipinski definition) is 1. The highest BCUT2D eigenvalue weighted by molar-refractivity contribution is 9.10. The van der Waals surface area contributed by atoms with E-state index in [0.29, 0.717) is 18.9 Å². The Hall–Kier alpha value is -0.580. The molecule has 0 saturated carbocycles. The fourth-order valence-corrected chi connectivity index (χ4v) is 2.70. The Morgan fingerprint density at radius 1 is 1.40 bits per heavy atom. The van der Waals surface area contributed by atoms with Crippen LogP contribution >= 0.6 is 28.3 Å². The van der Waals surface area contributed by atoms with Crippen LogP contribution in [0.3, 0.4) is 0 Å². The van der Waals surface area contributed by atoms with E-state index >= 15 is 0 Å². The summed E-state index contributed by atoms with van der Waals surface area (Å²) in [7, 11) is 1.89. The van der Waals surface area contributed by atoms with Crippen LogP contribution in [0.5, 0.6) is 0 Å². The highest BCUT2D eigenvalue weighted by Gasteiger charge is 2.17. The van der Waals surface area contributed by atoms with E-state index < -0.39 is 0 Å².